The Labute approximate surface area is 140 Å². The molecule has 0 fully saturated rings. The SMILES string of the molecule is C[C@H](NC(=O)OCc1ccccc1)C(=O)SCc1ccccc1. The molecule has 1 amide bonds. The summed E-state index contributed by atoms with van der Waals surface area (Å²) >= 11 is 1.18. The molecule has 0 spiro atoms. The summed E-state index contributed by atoms with van der Waals surface area (Å²) in [6.07, 6.45) is -0.588. The Morgan fingerprint density at radius 2 is 1.57 bits per heavy atom. The lowest BCUT2D eigenvalue weighted by Gasteiger charge is -2.12. The maximum atomic E-state index is 12.0. The molecule has 0 aliphatic heterocycles. The van der Waals surface area contributed by atoms with Crippen LogP contribution in [0.4, 0.5) is 4.79 Å². The highest BCUT2D eigenvalue weighted by molar-refractivity contribution is 8.13. The van der Waals surface area contributed by atoms with Gasteiger partial charge >= 0.3 is 6.09 Å². The zero-order valence-electron chi connectivity index (χ0n) is 12.9. The number of nitrogens with one attached hydrogen (secondary N) is 1. The van der Waals surface area contributed by atoms with Gasteiger partial charge < -0.3 is 10.1 Å². The lowest BCUT2D eigenvalue weighted by Crippen LogP contribution is -2.37. The van der Waals surface area contributed by atoms with Crippen LogP contribution in [0.15, 0.2) is 60.7 Å². The van der Waals surface area contributed by atoms with Crippen LogP contribution in [-0.4, -0.2) is 17.3 Å². The molecule has 120 valence electrons. The molecule has 0 aliphatic carbocycles. The molecule has 0 aliphatic rings. The first kappa shape index (κ1) is 17.1. The summed E-state index contributed by atoms with van der Waals surface area (Å²) in [6, 6.07) is 18.5. The van der Waals surface area contributed by atoms with Gasteiger partial charge in [0.1, 0.15) is 6.61 Å². The lowest BCUT2D eigenvalue weighted by molar-refractivity contribution is -0.112. The second kappa shape index (κ2) is 9.00. The van der Waals surface area contributed by atoms with E-state index in [9.17, 15) is 9.59 Å². The molecule has 0 bridgehead atoms. The standard InChI is InChI=1S/C18H19NO3S/c1-14(17(20)23-13-16-10-6-3-7-11-16)19-18(21)22-12-15-8-4-2-5-9-15/h2-11,14H,12-13H2,1H3,(H,19,21)/t14-/m0/s1. The van der Waals surface area contributed by atoms with Crippen molar-refractivity contribution in [3.8, 4) is 0 Å². The van der Waals surface area contributed by atoms with Gasteiger partial charge in [-0.3, -0.25) is 4.79 Å². The molecule has 23 heavy (non-hydrogen) atoms. The Balaban J connectivity index is 1.71. The van der Waals surface area contributed by atoms with Crippen LogP contribution in [0.5, 0.6) is 0 Å². The zero-order valence-corrected chi connectivity index (χ0v) is 13.7. The fraction of sp³-hybridized carbons (Fsp3) is 0.222. The minimum absolute atomic E-state index is 0.0921. The smallest absolute Gasteiger partial charge is 0.408 e. The number of amides is 1. The van der Waals surface area contributed by atoms with E-state index < -0.39 is 12.1 Å². The summed E-state index contributed by atoms with van der Waals surface area (Å²) in [4.78, 5) is 23.7. The van der Waals surface area contributed by atoms with E-state index in [1.807, 2.05) is 60.7 Å². The average Bonchev–Trinajstić information content (AvgIpc) is 2.59. The minimum atomic E-state index is -0.591. The molecular formula is C18H19NO3S. The van der Waals surface area contributed by atoms with E-state index in [2.05, 4.69) is 5.32 Å². The highest BCUT2D eigenvalue weighted by Gasteiger charge is 2.16. The van der Waals surface area contributed by atoms with Gasteiger partial charge in [0, 0.05) is 5.75 Å². The molecule has 0 saturated heterocycles. The Kier molecular flexibility index (Phi) is 6.69. The molecule has 1 atom stereocenters. The van der Waals surface area contributed by atoms with Crippen molar-refractivity contribution < 1.29 is 14.3 Å². The maximum Gasteiger partial charge on any atom is 0.408 e. The third-order valence-corrected chi connectivity index (χ3v) is 4.24. The molecule has 4 nitrogen and oxygen atoms in total. The summed E-state index contributed by atoms with van der Waals surface area (Å²) in [7, 11) is 0. The Bertz CT molecular complexity index is 631. The van der Waals surface area contributed by atoms with Gasteiger partial charge in [-0.15, -0.1) is 0 Å². The first-order valence-electron chi connectivity index (χ1n) is 7.33. The van der Waals surface area contributed by atoms with Crippen molar-refractivity contribution in [2.45, 2.75) is 25.3 Å². The molecule has 0 saturated carbocycles. The van der Waals surface area contributed by atoms with Gasteiger partial charge in [-0.1, -0.05) is 72.4 Å². The first-order chi connectivity index (χ1) is 11.1. The van der Waals surface area contributed by atoms with Crippen LogP contribution >= 0.6 is 11.8 Å². The number of carbonyl (C=O) groups is 2. The predicted octanol–water partition coefficient (Wildman–Crippen LogP) is 3.76. The number of thioether (sulfide) groups is 1. The number of carbonyl (C=O) groups excluding carboxylic acids is 2. The van der Waals surface area contributed by atoms with E-state index >= 15 is 0 Å². The highest BCUT2D eigenvalue weighted by atomic mass is 32.2. The van der Waals surface area contributed by atoms with Crippen molar-refractivity contribution in [2.24, 2.45) is 0 Å². The highest BCUT2D eigenvalue weighted by Crippen LogP contribution is 2.14. The van der Waals surface area contributed by atoms with Crippen molar-refractivity contribution in [2.75, 3.05) is 0 Å². The molecule has 0 heterocycles. The van der Waals surface area contributed by atoms with Crippen molar-refractivity contribution in [3.05, 3.63) is 71.8 Å². The quantitative estimate of drug-likeness (QED) is 0.877. The average molecular weight is 329 g/mol. The van der Waals surface area contributed by atoms with Crippen LogP contribution in [0.1, 0.15) is 18.1 Å². The number of hydrogen-bond acceptors (Lipinski definition) is 4. The van der Waals surface area contributed by atoms with Gasteiger partial charge in [0.05, 0.1) is 6.04 Å². The molecule has 2 aromatic rings. The second-order valence-corrected chi connectivity index (χ2v) is 6.00. The van der Waals surface area contributed by atoms with Gasteiger partial charge in [0.15, 0.2) is 0 Å². The third kappa shape index (κ3) is 6.16. The number of hydrogen-bond donors (Lipinski definition) is 1. The number of alkyl carbamates (subject to hydrolysis) is 1. The topological polar surface area (TPSA) is 55.4 Å². The summed E-state index contributed by atoms with van der Waals surface area (Å²) < 4.78 is 5.10. The fourth-order valence-electron chi connectivity index (χ4n) is 1.85. The molecule has 1 N–H and O–H groups in total. The van der Waals surface area contributed by atoms with Gasteiger partial charge in [0.25, 0.3) is 0 Å². The predicted molar refractivity (Wildman–Crippen MR) is 92.0 cm³/mol. The van der Waals surface area contributed by atoms with Crippen LogP contribution < -0.4 is 5.32 Å². The normalized spacial score (nSPS) is 11.5. The number of ether oxygens (including phenoxy) is 1. The molecular weight excluding hydrogens is 310 g/mol. The van der Waals surface area contributed by atoms with Crippen LogP contribution in [0.2, 0.25) is 0 Å². The first-order valence-corrected chi connectivity index (χ1v) is 8.31. The van der Waals surface area contributed by atoms with Crippen LogP contribution in [0.25, 0.3) is 0 Å². The summed E-state index contributed by atoms with van der Waals surface area (Å²) in [5, 5.41) is 2.46. The van der Waals surface area contributed by atoms with E-state index in [0.717, 1.165) is 11.1 Å². The Morgan fingerprint density at radius 1 is 1.00 bits per heavy atom. The van der Waals surface area contributed by atoms with Crippen molar-refractivity contribution in [1.29, 1.82) is 0 Å². The minimum Gasteiger partial charge on any atom is -0.445 e. The van der Waals surface area contributed by atoms with Crippen LogP contribution in [-0.2, 0) is 21.9 Å². The Morgan fingerprint density at radius 3 is 2.17 bits per heavy atom. The zero-order chi connectivity index (χ0) is 16.5. The van der Waals surface area contributed by atoms with E-state index in [-0.39, 0.29) is 11.7 Å². The van der Waals surface area contributed by atoms with Crippen molar-refractivity contribution in [3.63, 3.8) is 0 Å². The summed E-state index contributed by atoms with van der Waals surface area (Å²) in [5.74, 6) is 0.588. The lowest BCUT2D eigenvalue weighted by atomic mass is 10.2. The largest absolute Gasteiger partial charge is 0.445 e. The molecule has 2 aromatic carbocycles. The van der Waals surface area contributed by atoms with Gasteiger partial charge in [0.2, 0.25) is 5.12 Å². The summed E-state index contributed by atoms with van der Waals surface area (Å²) in [5.41, 5.74) is 1.98. The summed E-state index contributed by atoms with van der Waals surface area (Å²) in [6.45, 7) is 1.84. The number of rotatable bonds is 6. The van der Waals surface area contributed by atoms with E-state index in [1.54, 1.807) is 6.92 Å². The van der Waals surface area contributed by atoms with E-state index in [0.29, 0.717) is 5.75 Å². The van der Waals surface area contributed by atoms with Gasteiger partial charge in [-0.05, 0) is 18.1 Å². The monoisotopic (exact) mass is 329 g/mol. The molecule has 5 heteroatoms. The van der Waals surface area contributed by atoms with E-state index in [1.165, 1.54) is 11.8 Å². The fourth-order valence-corrected chi connectivity index (χ4v) is 2.66. The van der Waals surface area contributed by atoms with E-state index in [4.69, 9.17) is 4.74 Å². The molecule has 0 aromatic heterocycles. The van der Waals surface area contributed by atoms with Crippen LogP contribution in [0, 0.1) is 0 Å². The third-order valence-electron chi connectivity index (χ3n) is 3.12. The molecule has 2 rings (SSSR count). The molecule has 0 unspecified atom stereocenters. The van der Waals surface area contributed by atoms with Crippen molar-refractivity contribution in [1.82, 2.24) is 5.32 Å². The number of benzene rings is 2. The Hall–Kier alpha value is -2.27. The van der Waals surface area contributed by atoms with Gasteiger partial charge in [-0.2, -0.15) is 0 Å². The van der Waals surface area contributed by atoms with Crippen molar-refractivity contribution >= 4 is 23.0 Å². The second-order valence-electron chi connectivity index (χ2n) is 5.02. The molecule has 0 radical (unpaired) electrons. The maximum absolute atomic E-state index is 12.0. The van der Waals surface area contributed by atoms with Crippen LogP contribution in [0.3, 0.4) is 0 Å². The van der Waals surface area contributed by atoms with Gasteiger partial charge in [-0.25, -0.2) is 4.79 Å².